The maximum atomic E-state index is 9.18. The molecule has 0 amide bonds. The molecule has 1 aromatic rings. The molecular weight excluding hydrogens is 376 g/mol. The van der Waals surface area contributed by atoms with Gasteiger partial charge < -0.3 is 5.32 Å². The Morgan fingerprint density at radius 1 is 1.03 bits per heavy atom. The van der Waals surface area contributed by atoms with Gasteiger partial charge >= 0.3 is 0 Å². The number of nitriles is 1. The van der Waals surface area contributed by atoms with Gasteiger partial charge in [0.2, 0.25) is 0 Å². The van der Waals surface area contributed by atoms with Gasteiger partial charge in [0.25, 0.3) is 0 Å². The molecule has 1 aromatic carbocycles. The van der Waals surface area contributed by atoms with Crippen LogP contribution in [0.15, 0.2) is 18.2 Å². The first-order chi connectivity index (χ1) is 14.9. The topological polar surface area (TPSA) is 35.8 Å². The molecule has 0 aliphatic heterocycles. The summed E-state index contributed by atoms with van der Waals surface area (Å²) >= 11 is 0. The van der Waals surface area contributed by atoms with Gasteiger partial charge in [-0.05, 0) is 136 Å². The molecule has 0 saturated heterocycles. The maximum absolute atomic E-state index is 9.18. The molecule has 1 N–H and O–H groups in total. The van der Waals surface area contributed by atoms with Crippen LogP contribution in [0.4, 0.5) is 5.69 Å². The van der Waals surface area contributed by atoms with Gasteiger partial charge in [0.15, 0.2) is 0 Å². The number of anilines is 1. The summed E-state index contributed by atoms with van der Waals surface area (Å²) in [5, 5.41) is 13.1. The van der Waals surface area contributed by atoms with E-state index in [0.717, 1.165) is 47.0 Å². The van der Waals surface area contributed by atoms with E-state index >= 15 is 0 Å². The minimum absolute atomic E-state index is 0.491. The van der Waals surface area contributed by atoms with Gasteiger partial charge in [-0.2, -0.15) is 5.26 Å². The number of hydrogen-bond donors (Lipinski definition) is 1. The second-order valence-electron chi connectivity index (χ2n) is 12.2. The van der Waals surface area contributed by atoms with Gasteiger partial charge in [-0.15, -0.1) is 0 Å². The zero-order valence-corrected chi connectivity index (χ0v) is 20.2. The van der Waals surface area contributed by atoms with Gasteiger partial charge in [-0.3, -0.25) is 0 Å². The van der Waals surface area contributed by atoms with Crippen LogP contribution in [0.25, 0.3) is 0 Å². The number of nitrogens with one attached hydrogen (secondary N) is 1. The predicted molar refractivity (Wildman–Crippen MR) is 129 cm³/mol. The van der Waals surface area contributed by atoms with Crippen molar-refractivity contribution in [2.24, 2.45) is 46.8 Å². The lowest BCUT2D eigenvalue weighted by molar-refractivity contribution is -0.0683. The molecule has 4 aliphatic carbocycles. The lowest BCUT2D eigenvalue weighted by atomic mass is 9.49. The van der Waals surface area contributed by atoms with Crippen molar-refractivity contribution in [1.29, 1.82) is 5.26 Å². The second kappa shape index (κ2) is 8.13. The van der Waals surface area contributed by atoms with Crippen LogP contribution >= 0.6 is 0 Å². The molecule has 9 atom stereocenters. The third-order valence-corrected chi connectivity index (χ3v) is 10.6. The molecule has 31 heavy (non-hydrogen) atoms. The normalized spacial score (nSPS) is 42.6. The largest absolute Gasteiger partial charge is 0.382 e. The highest BCUT2D eigenvalue weighted by atomic mass is 14.9. The molecule has 0 heterocycles. The van der Waals surface area contributed by atoms with Crippen molar-refractivity contribution in [2.45, 2.75) is 91.5 Å². The van der Waals surface area contributed by atoms with Gasteiger partial charge in [-0.25, -0.2) is 0 Å². The number of fused-ring (bicyclic) bond motifs is 5. The van der Waals surface area contributed by atoms with E-state index in [1.54, 1.807) is 0 Å². The van der Waals surface area contributed by atoms with Crippen LogP contribution in [-0.4, -0.2) is 6.04 Å². The average molecular weight is 419 g/mol. The molecule has 5 rings (SSSR count). The SMILES string of the molecule is Cc1cc(C#N)ccc1N[C@@H](C)C1CCC2[C@@H]3CC[C@@H]4C[C@@H](C)CC[C@@H]4C3CC[C@@]21C. The van der Waals surface area contributed by atoms with Crippen molar-refractivity contribution in [3.05, 3.63) is 29.3 Å². The molecule has 0 bridgehead atoms. The fourth-order valence-electron chi connectivity index (χ4n) is 9.19. The minimum Gasteiger partial charge on any atom is -0.382 e. The Kier molecular flexibility index (Phi) is 5.60. The first kappa shape index (κ1) is 21.4. The summed E-state index contributed by atoms with van der Waals surface area (Å²) in [5.41, 5.74) is 3.67. The zero-order chi connectivity index (χ0) is 21.8. The lowest BCUT2D eigenvalue weighted by Crippen LogP contribution is -2.50. The fourth-order valence-corrected chi connectivity index (χ4v) is 9.19. The Hall–Kier alpha value is -1.49. The molecule has 4 aliphatic rings. The van der Waals surface area contributed by atoms with E-state index in [0.29, 0.717) is 11.5 Å². The zero-order valence-electron chi connectivity index (χ0n) is 20.2. The standard InChI is InChI=1S/C29H42N2/c1-18-5-8-23-22(15-18)7-9-25-24(23)13-14-29(4)26(10-11-27(25)29)20(3)31-28-12-6-21(17-30)16-19(28)2/h6,12,16,18,20,22-27,31H,5,7-11,13-15H2,1-4H3/t18-,20-,22+,23-,24?,25+,26?,27?,29+/m0/s1. The highest BCUT2D eigenvalue weighted by Gasteiger charge is 2.57. The molecule has 0 radical (unpaired) electrons. The summed E-state index contributed by atoms with van der Waals surface area (Å²) in [6.07, 6.45) is 13.3. The van der Waals surface area contributed by atoms with Crippen LogP contribution in [0.2, 0.25) is 0 Å². The molecule has 2 heteroatoms. The summed E-state index contributed by atoms with van der Waals surface area (Å²) in [6.45, 7) is 9.70. The van der Waals surface area contributed by atoms with E-state index in [9.17, 15) is 5.26 Å². The molecule has 168 valence electrons. The summed E-state index contributed by atoms with van der Waals surface area (Å²) in [6, 6.07) is 8.84. The molecule has 3 unspecified atom stereocenters. The Morgan fingerprint density at radius 3 is 2.61 bits per heavy atom. The third kappa shape index (κ3) is 3.61. The van der Waals surface area contributed by atoms with Crippen LogP contribution in [0.5, 0.6) is 0 Å². The van der Waals surface area contributed by atoms with Gasteiger partial charge in [-0.1, -0.05) is 20.3 Å². The fraction of sp³-hybridized carbons (Fsp3) is 0.759. The average Bonchev–Trinajstić information content (AvgIpc) is 3.12. The Morgan fingerprint density at radius 2 is 1.84 bits per heavy atom. The van der Waals surface area contributed by atoms with E-state index in [4.69, 9.17) is 0 Å². The quantitative estimate of drug-likeness (QED) is 0.549. The Labute approximate surface area is 190 Å². The highest BCUT2D eigenvalue weighted by Crippen LogP contribution is 2.65. The van der Waals surface area contributed by atoms with Crippen molar-refractivity contribution in [2.75, 3.05) is 5.32 Å². The summed E-state index contributed by atoms with van der Waals surface area (Å²) in [7, 11) is 0. The van der Waals surface area contributed by atoms with Crippen LogP contribution < -0.4 is 5.32 Å². The van der Waals surface area contributed by atoms with Crippen LogP contribution in [0.3, 0.4) is 0 Å². The molecule has 2 nitrogen and oxygen atoms in total. The number of rotatable bonds is 3. The number of aryl methyl sites for hydroxylation is 1. The molecule has 0 spiro atoms. The summed E-state index contributed by atoms with van der Waals surface area (Å²) in [4.78, 5) is 0. The van der Waals surface area contributed by atoms with Crippen molar-refractivity contribution in [1.82, 2.24) is 0 Å². The predicted octanol–water partition coefficient (Wildman–Crippen LogP) is 7.57. The monoisotopic (exact) mass is 418 g/mol. The van der Waals surface area contributed by atoms with E-state index < -0.39 is 0 Å². The van der Waals surface area contributed by atoms with Crippen molar-refractivity contribution in [3.8, 4) is 6.07 Å². The first-order valence-corrected chi connectivity index (χ1v) is 13.2. The van der Waals surface area contributed by atoms with E-state index in [1.807, 2.05) is 12.1 Å². The molecular formula is C29H42N2. The molecule has 0 aromatic heterocycles. The third-order valence-electron chi connectivity index (χ3n) is 10.6. The number of benzene rings is 1. The highest BCUT2D eigenvalue weighted by molar-refractivity contribution is 5.54. The maximum Gasteiger partial charge on any atom is 0.0991 e. The van der Waals surface area contributed by atoms with Gasteiger partial charge in [0.05, 0.1) is 11.6 Å². The molecule has 4 saturated carbocycles. The Bertz CT molecular complexity index is 853. The van der Waals surface area contributed by atoms with E-state index in [1.165, 1.54) is 69.0 Å². The van der Waals surface area contributed by atoms with Crippen molar-refractivity contribution in [3.63, 3.8) is 0 Å². The van der Waals surface area contributed by atoms with Crippen molar-refractivity contribution < 1.29 is 0 Å². The minimum atomic E-state index is 0.491. The van der Waals surface area contributed by atoms with Crippen LogP contribution in [0, 0.1) is 65.1 Å². The molecule has 4 fully saturated rings. The van der Waals surface area contributed by atoms with E-state index in [2.05, 4.69) is 45.1 Å². The smallest absolute Gasteiger partial charge is 0.0991 e. The number of nitrogens with zero attached hydrogens (tertiary/aromatic N) is 1. The first-order valence-electron chi connectivity index (χ1n) is 13.2. The lowest BCUT2D eigenvalue weighted by Gasteiger charge is -2.56. The van der Waals surface area contributed by atoms with Gasteiger partial charge in [0, 0.05) is 11.7 Å². The van der Waals surface area contributed by atoms with Gasteiger partial charge in [0.1, 0.15) is 0 Å². The second-order valence-corrected chi connectivity index (χ2v) is 12.2. The van der Waals surface area contributed by atoms with E-state index in [-0.39, 0.29) is 0 Å². The van der Waals surface area contributed by atoms with Crippen LogP contribution in [-0.2, 0) is 0 Å². The summed E-state index contributed by atoms with van der Waals surface area (Å²) in [5.74, 6) is 6.82. The summed E-state index contributed by atoms with van der Waals surface area (Å²) < 4.78 is 0. The van der Waals surface area contributed by atoms with Crippen LogP contribution in [0.1, 0.15) is 89.7 Å². The number of hydrogen-bond acceptors (Lipinski definition) is 2. The Balaban J connectivity index is 1.31. The van der Waals surface area contributed by atoms with Crippen molar-refractivity contribution >= 4 is 5.69 Å².